The molecule has 2 aromatic carbocycles. The fourth-order valence-electron chi connectivity index (χ4n) is 3.82. The zero-order chi connectivity index (χ0) is 21.1. The van der Waals surface area contributed by atoms with Gasteiger partial charge in [-0.1, -0.05) is 53.9 Å². The van der Waals surface area contributed by atoms with Crippen LogP contribution in [0.4, 0.5) is 0 Å². The van der Waals surface area contributed by atoms with Crippen molar-refractivity contribution in [3.8, 4) is 0 Å². The van der Waals surface area contributed by atoms with E-state index in [-0.39, 0.29) is 0 Å². The number of rotatable bonds is 13. The van der Waals surface area contributed by atoms with Crippen LogP contribution < -0.4 is 17.2 Å². The van der Waals surface area contributed by atoms with Gasteiger partial charge in [-0.25, -0.2) is 0 Å². The van der Waals surface area contributed by atoms with Crippen LogP contribution in [0.2, 0.25) is 10.0 Å². The van der Waals surface area contributed by atoms with Crippen LogP contribution in [0.1, 0.15) is 68.4 Å². The van der Waals surface area contributed by atoms with E-state index in [1.807, 2.05) is 24.3 Å². The van der Waals surface area contributed by atoms with Crippen LogP contribution in [0.15, 0.2) is 48.5 Å². The first kappa shape index (κ1) is 24.2. The second-order valence-corrected chi connectivity index (χ2v) is 9.01. The minimum absolute atomic E-state index is 0.503. The van der Waals surface area contributed by atoms with Gasteiger partial charge in [-0.05, 0) is 99.2 Å². The first-order valence-corrected chi connectivity index (χ1v) is 11.4. The molecule has 2 aromatic rings. The molecule has 0 spiro atoms. The van der Waals surface area contributed by atoms with E-state index in [9.17, 15) is 0 Å². The molecule has 0 aliphatic carbocycles. The van der Waals surface area contributed by atoms with Crippen LogP contribution in [-0.2, 0) is 6.42 Å². The van der Waals surface area contributed by atoms with Crippen LogP contribution in [0, 0.1) is 0 Å². The maximum atomic E-state index is 6.24. The third kappa shape index (κ3) is 9.50. The molecule has 0 saturated heterocycles. The molecular weight excluding hydrogens is 401 g/mol. The van der Waals surface area contributed by atoms with Gasteiger partial charge in [-0.2, -0.15) is 0 Å². The van der Waals surface area contributed by atoms with Gasteiger partial charge in [0.15, 0.2) is 0 Å². The van der Waals surface area contributed by atoms with E-state index in [4.69, 9.17) is 40.4 Å². The standard InChI is InChI=1S/C24H35Cl2N3/c25-22-12-8-19(9-13-22)5-1-2-6-20(21-10-14-23(26)15-11-21)7-3-16-24(28,29)17-4-18-27/h8-15,20H,1-7,16-18,27-29H2. The van der Waals surface area contributed by atoms with Crippen molar-refractivity contribution in [2.75, 3.05) is 6.54 Å². The van der Waals surface area contributed by atoms with Crippen LogP contribution in [0.25, 0.3) is 0 Å². The summed E-state index contributed by atoms with van der Waals surface area (Å²) >= 11 is 12.1. The third-order valence-electron chi connectivity index (χ3n) is 5.56. The van der Waals surface area contributed by atoms with Gasteiger partial charge < -0.3 is 17.2 Å². The molecule has 0 aliphatic rings. The van der Waals surface area contributed by atoms with E-state index >= 15 is 0 Å². The van der Waals surface area contributed by atoms with Crippen molar-refractivity contribution in [1.82, 2.24) is 0 Å². The molecule has 5 heteroatoms. The lowest BCUT2D eigenvalue weighted by molar-refractivity contribution is 0.347. The number of hydrogen-bond acceptors (Lipinski definition) is 3. The molecule has 1 atom stereocenters. The summed E-state index contributed by atoms with van der Waals surface area (Å²) in [5.41, 5.74) is 20.1. The second-order valence-electron chi connectivity index (χ2n) is 8.14. The highest BCUT2D eigenvalue weighted by Gasteiger charge is 2.19. The fraction of sp³-hybridized carbons (Fsp3) is 0.500. The summed E-state index contributed by atoms with van der Waals surface area (Å²) in [6, 6.07) is 16.4. The Hall–Kier alpha value is -1.10. The van der Waals surface area contributed by atoms with E-state index in [0.717, 1.165) is 55.0 Å². The second kappa shape index (κ2) is 12.6. The Bertz CT molecular complexity index is 699. The van der Waals surface area contributed by atoms with Gasteiger partial charge in [0.1, 0.15) is 0 Å². The normalized spacial score (nSPS) is 12.9. The first-order chi connectivity index (χ1) is 13.9. The summed E-state index contributed by atoms with van der Waals surface area (Å²) in [7, 11) is 0. The molecule has 0 aliphatic heterocycles. The van der Waals surface area contributed by atoms with Gasteiger partial charge in [0.05, 0.1) is 5.66 Å². The number of aryl methyl sites for hydroxylation is 1. The van der Waals surface area contributed by atoms with E-state index < -0.39 is 5.66 Å². The first-order valence-electron chi connectivity index (χ1n) is 10.7. The number of halogens is 2. The summed E-state index contributed by atoms with van der Waals surface area (Å²) < 4.78 is 0. The lowest BCUT2D eigenvalue weighted by Gasteiger charge is -2.26. The number of hydrogen-bond donors (Lipinski definition) is 3. The SMILES string of the molecule is NCCCC(N)(N)CCCC(CCCCc1ccc(Cl)cc1)c1ccc(Cl)cc1. The number of benzene rings is 2. The Morgan fingerprint density at radius 1 is 0.724 bits per heavy atom. The van der Waals surface area contributed by atoms with Crippen LogP contribution >= 0.6 is 23.2 Å². The highest BCUT2D eigenvalue weighted by Crippen LogP contribution is 2.30. The Morgan fingerprint density at radius 2 is 1.28 bits per heavy atom. The molecule has 0 fully saturated rings. The summed E-state index contributed by atoms with van der Waals surface area (Å²) in [6.45, 7) is 0.636. The lowest BCUT2D eigenvalue weighted by atomic mass is 9.86. The van der Waals surface area contributed by atoms with Crippen molar-refractivity contribution in [2.45, 2.75) is 69.4 Å². The Balaban J connectivity index is 1.85. The third-order valence-corrected chi connectivity index (χ3v) is 6.07. The van der Waals surface area contributed by atoms with Gasteiger partial charge >= 0.3 is 0 Å². The van der Waals surface area contributed by atoms with E-state index in [1.165, 1.54) is 24.0 Å². The molecule has 2 rings (SSSR count). The highest BCUT2D eigenvalue weighted by molar-refractivity contribution is 6.30. The minimum Gasteiger partial charge on any atom is -0.330 e. The van der Waals surface area contributed by atoms with Gasteiger partial charge in [0.25, 0.3) is 0 Å². The maximum absolute atomic E-state index is 6.24. The van der Waals surface area contributed by atoms with Crippen LogP contribution in [0.5, 0.6) is 0 Å². The molecule has 0 heterocycles. The fourth-order valence-corrected chi connectivity index (χ4v) is 4.07. The minimum atomic E-state index is -0.613. The van der Waals surface area contributed by atoms with E-state index in [0.29, 0.717) is 12.5 Å². The summed E-state index contributed by atoms with van der Waals surface area (Å²) in [5, 5.41) is 1.57. The van der Waals surface area contributed by atoms with Crippen molar-refractivity contribution in [3.05, 3.63) is 69.7 Å². The molecule has 6 N–H and O–H groups in total. The molecule has 0 amide bonds. The summed E-state index contributed by atoms with van der Waals surface area (Å²) in [5.74, 6) is 0.503. The average molecular weight is 436 g/mol. The molecule has 0 bridgehead atoms. The molecule has 0 saturated carbocycles. The quantitative estimate of drug-likeness (QED) is 0.266. The van der Waals surface area contributed by atoms with Gasteiger partial charge in [-0.3, -0.25) is 0 Å². The smallest absolute Gasteiger partial charge is 0.0637 e. The monoisotopic (exact) mass is 435 g/mol. The van der Waals surface area contributed by atoms with Crippen LogP contribution in [-0.4, -0.2) is 12.2 Å². The predicted octanol–water partition coefficient (Wildman–Crippen LogP) is 6.01. The molecule has 0 radical (unpaired) electrons. The molecule has 3 nitrogen and oxygen atoms in total. The molecule has 0 aromatic heterocycles. The van der Waals surface area contributed by atoms with Crippen molar-refractivity contribution in [1.29, 1.82) is 0 Å². The molecule has 160 valence electrons. The number of unbranched alkanes of at least 4 members (excludes halogenated alkanes) is 1. The highest BCUT2D eigenvalue weighted by atomic mass is 35.5. The molecule has 29 heavy (non-hydrogen) atoms. The van der Waals surface area contributed by atoms with Gasteiger partial charge in [0, 0.05) is 10.0 Å². The number of nitrogens with two attached hydrogens (primary N) is 3. The lowest BCUT2D eigenvalue weighted by Crippen LogP contribution is -2.49. The van der Waals surface area contributed by atoms with Gasteiger partial charge in [0.2, 0.25) is 0 Å². The maximum Gasteiger partial charge on any atom is 0.0637 e. The largest absolute Gasteiger partial charge is 0.330 e. The molecule has 1 unspecified atom stereocenters. The van der Waals surface area contributed by atoms with Crippen molar-refractivity contribution in [3.63, 3.8) is 0 Å². The molecular formula is C24H35Cl2N3. The van der Waals surface area contributed by atoms with Crippen molar-refractivity contribution < 1.29 is 0 Å². The van der Waals surface area contributed by atoms with Crippen molar-refractivity contribution >= 4 is 23.2 Å². The zero-order valence-electron chi connectivity index (χ0n) is 17.3. The van der Waals surface area contributed by atoms with Crippen LogP contribution in [0.3, 0.4) is 0 Å². The van der Waals surface area contributed by atoms with Gasteiger partial charge in [-0.15, -0.1) is 0 Å². The zero-order valence-corrected chi connectivity index (χ0v) is 18.8. The van der Waals surface area contributed by atoms with E-state index in [2.05, 4.69) is 24.3 Å². The average Bonchev–Trinajstić information content (AvgIpc) is 2.70. The summed E-state index contributed by atoms with van der Waals surface area (Å²) in [6.07, 6.45) is 9.15. The predicted molar refractivity (Wildman–Crippen MR) is 126 cm³/mol. The summed E-state index contributed by atoms with van der Waals surface area (Å²) in [4.78, 5) is 0. The topological polar surface area (TPSA) is 78.1 Å². The Labute approximate surface area is 185 Å². The Kier molecular flexibility index (Phi) is 10.5. The van der Waals surface area contributed by atoms with E-state index in [1.54, 1.807) is 0 Å². The van der Waals surface area contributed by atoms with Crippen molar-refractivity contribution in [2.24, 2.45) is 17.2 Å². The Morgan fingerprint density at radius 3 is 1.90 bits per heavy atom.